The quantitative estimate of drug-likeness (QED) is 0.375. The standard InChI is InChI=1S/C25H19N3O2/c1-30-24-10-4-8-21(16-24)27-25(29)20(17-26)15-22-9-5-13-28(22)23-12-11-18-6-2-3-7-19(18)14-23/h2-16H,1H3,(H,27,29)/b20-15-. The number of rotatable bonds is 5. The highest BCUT2D eigenvalue weighted by Crippen LogP contribution is 2.22. The van der Waals surface area contributed by atoms with Crippen LogP contribution in [0.25, 0.3) is 22.5 Å². The number of nitrogens with one attached hydrogen (secondary N) is 1. The van der Waals surface area contributed by atoms with Crippen molar-refractivity contribution in [3.05, 3.63) is 96.3 Å². The van der Waals surface area contributed by atoms with Gasteiger partial charge in [-0.2, -0.15) is 5.26 Å². The molecular weight excluding hydrogens is 374 g/mol. The third-order valence-corrected chi connectivity index (χ3v) is 4.78. The van der Waals surface area contributed by atoms with E-state index >= 15 is 0 Å². The maximum absolute atomic E-state index is 12.6. The highest BCUT2D eigenvalue weighted by atomic mass is 16.5. The maximum atomic E-state index is 12.6. The topological polar surface area (TPSA) is 67.0 Å². The van der Waals surface area contributed by atoms with Crippen molar-refractivity contribution in [2.45, 2.75) is 0 Å². The molecule has 3 aromatic carbocycles. The lowest BCUT2D eigenvalue weighted by Gasteiger charge is -2.09. The fourth-order valence-electron chi connectivity index (χ4n) is 3.27. The third-order valence-electron chi connectivity index (χ3n) is 4.78. The maximum Gasteiger partial charge on any atom is 0.266 e. The summed E-state index contributed by atoms with van der Waals surface area (Å²) < 4.78 is 7.12. The van der Waals surface area contributed by atoms with Crippen LogP contribution in [0.2, 0.25) is 0 Å². The average molecular weight is 393 g/mol. The zero-order chi connectivity index (χ0) is 20.9. The van der Waals surface area contributed by atoms with Gasteiger partial charge in [0.25, 0.3) is 5.91 Å². The van der Waals surface area contributed by atoms with E-state index in [1.807, 2.05) is 47.2 Å². The van der Waals surface area contributed by atoms with E-state index in [1.165, 1.54) is 0 Å². The lowest BCUT2D eigenvalue weighted by atomic mass is 10.1. The SMILES string of the molecule is COc1cccc(NC(=O)/C(C#N)=C\c2cccn2-c2ccc3ccccc3c2)c1. The largest absolute Gasteiger partial charge is 0.497 e. The highest BCUT2D eigenvalue weighted by molar-refractivity contribution is 6.09. The molecular formula is C25H19N3O2. The van der Waals surface area contributed by atoms with Crippen LogP contribution in [0.3, 0.4) is 0 Å². The summed E-state index contributed by atoms with van der Waals surface area (Å²) in [5.41, 5.74) is 2.27. The molecule has 0 atom stereocenters. The molecule has 4 aromatic rings. The summed E-state index contributed by atoms with van der Waals surface area (Å²) in [4.78, 5) is 12.6. The zero-order valence-corrected chi connectivity index (χ0v) is 16.4. The predicted molar refractivity (Wildman–Crippen MR) is 118 cm³/mol. The van der Waals surface area contributed by atoms with Gasteiger partial charge in [-0.15, -0.1) is 0 Å². The fourth-order valence-corrected chi connectivity index (χ4v) is 3.27. The molecule has 1 aromatic heterocycles. The van der Waals surface area contributed by atoms with Crippen LogP contribution in [-0.4, -0.2) is 17.6 Å². The van der Waals surface area contributed by atoms with Crippen molar-refractivity contribution in [2.24, 2.45) is 0 Å². The van der Waals surface area contributed by atoms with Crippen LogP contribution < -0.4 is 10.1 Å². The minimum absolute atomic E-state index is 0.0126. The van der Waals surface area contributed by atoms with E-state index < -0.39 is 5.91 Å². The molecule has 1 amide bonds. The highest BCUT2D eigenvalue weighted by Gasteiger charge is 2.12. The molecule has 146 valence electrons. The Balaban J connectivity index is 1.64. The van der Waals surface area contributed by atoms with Gasteiger partial charge in [-0.1, -0.05) is 36.4 Å². The number of hydrogen-bond donors (Lipinski definition) is 1. The van der Waals surface area contributed by atoms with Crippen LogP contribution in [0.15, 0.2) is 90.6 Å². The van der Waals surface area contributed by atoms with Crippen molar-refractivity contribution in [1.29, 1.82) is 5.26 Å². The Bertz CT molecular complexity index is 1300. The van der Waals surface area contributed by atoms with Crippen molar-refractivity contribution in [2.75, 3.05) is 12.4 Å². The Labute approximate surface area is 174 Å². The van der Waals surface area contributed by atoms with Crippen molar-refractivity contribution >= 4 is 28.4 Å². The van der Waals surface area contributed by atoms with Gasteiger partial charge in [-0.25, -0.2) is 0 Å². The number of amides is 1. The first kappa shape index (κ1) is 19.0. The number of anilines is 1. The van der Waals surface area contributed by atoms with E-state index in [0.717, 1.165) is 22.2 Å². The molecule has 0 saturated heterocycles. The number of hydrogen-bond acceptors (Lipinski definition) is 3. The monoisotopic (exact) mass is 393 g/mol. The second-order valence-electron chi connectivity index (χ2n) is 6.69. The van der Waals surface area contributed by atoms with Crippen LogP contribution in [0, 0.1) is 11.3 Å². The van der Waals surface area contributed by atoms with Gasteiger partial charge in [0.2, 0.25) is 0 Å². The minimum Gasteiger partial charge on any atom is -0.497 e. The smallest absolute Gasteiger partial charge is 0.266 e. The number of nitrogens with zero attached hydrogens (tertiary/aromatic N) is 2. The second-order valence-corrected chi connectivity index (χ2v) is 6.69. The summed E-state index contributed by atoms with van der Waals surface area (Å²) in [5.74, 6) is 0.150. The van der Waals surface area contributed by atoms with Crippen LogP contribution in [0.5, 0.6) is 5.75 Å². The van der Waals surface area contributed by atoms with Gasteiger partial charge in [-0.05, 0) is 53.2 Å². The first-order valence-electron chi connectivity index (χ1n) is 9.41. The van der Waals surface area contributed by atoms with E-state index in [0.29, 0.717) is 11.4 Å². The average Bonchev–Trinajstić information content (AvgIpc) is 3.25. The van der Waals surface area contributed by atoms with E-state index in [2.05, 4.69) is 29.6 Å². The van der Waals surface area contributed by atoms with E-state index in [-0.39, 0.29) is 5.57 Å². The minimum atomic E-state index is -0.475. The van der Waals surface area contributed by atoms with E-state index in [9.17, 15) is 10.1 Å². The summed E-state index contributed by atoms with van der Waals surface area (Å²) in [6.07, 6.45) is 3.50. The molecule has 5 nitrogen and oxygen atoms in total. The fraction of sp³-hybridized carbons (Fsp3) is 0.0400. The molecule has 0 fully saturated rings. The molecule has 0 spiro atoms. The molecule has 30 heavy (non-hydrogen) atoms. The van der Waals surface area contributed by atoms with Crippen LogP contribution >= 0.6 is 0 Å². The van der Waals surface area contributed by atoms with Crippen LogP contribution in [-0.2, 0) is 4.79 Å². The van der Waals surface area contributed by atoms with Crippen molar-refractivity contribution < 1.29 is 9.53 Å². The number of ether oxygens (including phenoxy) is 1. The molecule has 0 saturated carbocycles. The summed E-state index contributed by atoms with van der Waals surface area (Å²) in [7, 11) is 1.56. The molecule has 0 aliphatic heterocycles. The Kier molecular flexibility index (Phi) is 5.31. The number of fused-ring (bicyclic) bond motifs is 1. The molecule has 0 aliphatic carbocycles. The van der Waals surface area contributed by atoms with Gasteiger partial charge in [0, 0.05) is 29.3 Å². The molecule has 5 heteroatoms. The molecule has 0 bridgehead atoms. The number of methoxy groups -OCH3 is 1. The van der Waals surface area contributed by atoms with Crippen molar-refractivity contribution in [1.82, 2.24) is 4.57 Å². The van der Waals surface area contributed by atoms with E-state index in [1.54, 1.807) is 37.5 Å². The van der Waals surface area contributed by atoms with Gasteiger partial charge >= 0.3 is 0 Å². The summed E-state index contributed by atoms with van der Waals surface area (Å²) in [6.45, 7) is 0. The normalized spacial score (nSPS) is 11.1. The molecule has 1 N–H and O–H groups in total. The summed E-state index contributed by atoms with van der Waals surface area (Å²) in [5, 5.41) is 14.6. The van der Waals surface area contributed by atoms with Gasteiger partial charge in [0.15, 0.2) is 0 Å². The number of benzene rings is 3. The Hall–Kier alpha value is -4.30. The van der Waals surface area contributed by atoms with E-state index in [4.69, 9.17) is 4.74 Å². The van der Waals surface area contributed by atoms with Crippen LogP contribution in [0.4, 0.5) is 5.69 Å². The molecule has 1 heterocycles. The lowest BCUT2D eigenvalue weighted by Crippen LogP contribution is -2.13. The van der Waals surface area contributed by atoms with Crippen LogP contribution in [0.1, 0.15) is 5.69 Å². The van der Waals surface area contributed by atoms with Crippen molar-refractivity contribution in [3.63, 3.8) is 0 Å². The second kappa shape index (κ2) is 8.38. The number of aromatic nitrogens is 1. The van der Waals surface area contributed by atoms with Gasteiger partial charge in [0.05, 0.1) is 7.11 Å². The zero-order valence-electron chi connectivity index (χ0n) is 16.4. The molecule has 0 unspecified atom stereocenters. The summed E-state index contributed by atoms with van der Waals surface area (Å²) >= 11 is 0. The van der Waals surface area contributed by atoms with Gasteiger partial charge in [-0.3, -0.25) is 4.79 Å². The summed E-state index contributed by atoms with van der Waals surface area (Å²) in [6, 6.07) is 27.0. The predicted octanol–water partition coefficient (Wildman–Crippen LogP) is 5.18. The molecule has 0 aliphatic rings. The Morgan fingerprint density at radius 3 is 2.63 bits per heavy atom. The molecule has 4 rings (SSSR count). The Morgan fingerprint density at radius 1 is 1.00 bits per heavy atom. The number of nitriles is 1. The van der Waals surface area contributed by atoms with Gasteiger partial charge < -0.3 is 14.6 Å². The van der Waals surface area contributed by atoms with Crippen molar-refractivity contribution in [3.8, 4) is 17.5 Å². The van der Waals surface area contributed by atoms with Gasteiger partial charge in [0.1, 0.15) is 17.4 Å². The molecule has 0 radical (unpaired) electrons. The first-order valence-corrected chi connectivity index (χ1v) is 9.41. The first-order chi connectivity index (χ1) is 14.7. The Morgan fingerprint density at radius 2 is 1.83 bits per heavy atom. The third kappa shape index (κ3) is 3.94. The number of carbonyl (C=O) groups is 1. The lowest BCUT2D eigenvalue weighted by molar-refractivity contribution is -0.112. The number of carbonyl (C=O) groups excluding carboxylic acids is 1.